The van der Waals surface area contributed by atoms with Crippen molar-refractivity contribution >= 4 is 33.7 Å². The lowest BCUT2D eigenvalue weighted by atomic mass is 10.1. The van der Waals surface area contributed by atoms with Crippen molar-refractivity contribution in [1.29, 1.82) is 0 Å². The van der Waals surface area contributed by atoms with Crippen LogP contribution in [0.2, 0.25) is 0 Å². The van der Waals surface area contributed by atoms with Gasteiger partial charge in [-0.15, -0.1) is 0 Å². The number of fused-ring (bicyclic) bond motifs is 1. The maximum Gasteiger partial charge on any atom is 0.120 e. The van der Waals surface area contributed by atoms with Crippen molar-refractivity contribution in [3.8, 4) is 5.75 Å². The van der Waals surface area contributed by atoms with Crippen LogP contribution in [0.15, 0.2) is 79.0 Å². The van der Waals surface area contributed by atoms with Gasteiger partial charge in [0, 0.05) is 40.4 Å². The van der Waals surface area contributed by atoms with E-state index in [4.69, 9.17) is 4.74 Å². The monoisotopic (exact) mass is 355 g/mol. The highest BCUT2D eigenvalue weighted by Crippen LogP contribution is 2.29. The van der Waals surface area contributed by atoms with E-state index in [2.05, 4.69) is 65.0 Å². The normalized spacial score (nSPS) is 10.6. The Hall–Kier alpha value is -3.53. The number of aryl methyl sites for hydroxylation is 1. The van der Waals surface area contributed by atoms with E-state index >= 15 is 0 Å². The molecular weight excluding hydrogens is 334 g/mol. The number of benzene rings is 3. The van der Waals surface area contributed by atoms with E-state index in [1.807, 2.05) is 36.5 Å². The Balaban J connectivity index is 1.62. The molecule has 0 aliphatic carbocycles. The number of ether oxygens (including phenoxy) is 1. The van der Waals surface area contributed by atoms with Crippen molar-refractivity contribution < 1.29 is 4.74 Å². The van der Waals surface area contributed by atoms with Crippen LogP contribution in [-0.4, -0.2) is 12.1 Å². The van der Waals surface area contributed by atoms with E-state index in [-0.39, 0.29) is 0 Å². The van der Waals surface area contributed by atoms with Crippen molar-refractivity contribution in [3.05, 3.63) is 84.6 Å². The van der Waals surface area contributed by atoms with Crippen molar-refractivity contribution in [2.45, 2.75) is 6.92 Å². The van der Waals surface area contributed by atoms with Crippen LogP contribution in [0.4, 0.5) is 22.7 Å². The zero-order chi connectivity index (χ0) is 18.6. The number of nitrogens with zero attached hydrogens (tertiary/aromatic N) is 1. The maximum absolute atomic E-state index is 5.28. The summed E-state index contributed by atoms with van der Waals surface area (Å²) in [5.41, 5.74) is 6.23. The first kappa shape index (κ1) is 16.9. The highest BCUT2D eigenvalue weighted by atomic mass is 16.5. The standard InChI is InChI=1S/C23H21N3O/c1-16-6-8-17(9-7-16)26-22-12-13-24-23-15-19(10-11-21(22)23)25-18-4-3-5-20(14-18)27-2/h3-15,25H,1-2H3,(H,24,26). The van der Waals surface area contributed by atoms with Gasteiger partial charge < -0.3 is 15.4 Å². The van der Waals surface area contributed by atoms with E-state index in [9.17, 15) is 0 Å². The summed E-state index contributed by atoms with van der Waals surface area (Å²) in [6.07, 6.45) is 1.83. The fraction of sp³-hybridized carbons (Fsp3) is 0.0870. The molecule has 4 rings (SSSR count). The number of aromatic nitrogens is 1. The largest absolute Gasteiger partial charge is 0.497 e. The van der Waals surface area contributed by atoms with E-state index in [1.165, 1.54) is 5.56 Å². The Morgan fingerprint density at radius 2 is 1.56 bits per heavy atom. The highest BCUT2D eigenvalue weighted by Gasteiger charge is 2.05. The summed E-state index contributed by atoms with van der Waals surface area (Å²) >= 11 is 0. The molecule has 0 atom stereocenters. The molecule has 4 aromatic rings. The van der Waals surface area contributed by atoms with Gasteiger partial charge in [0.1, 0.15) is 5.75 Å². The van der Waals surface area contributed by atoms with Gasteiger partial charge in [-0.3, -0.25) is 4.98 Å². The highest BCUT2D eigenvalue weighted by molar-refractivity contribution is 5.94. The molecule has 0 spiro atoms. The van der Waals surface area contributed by atoms with Crippen molar-refractivity contribution in [2.24, 2.45) is 0 Å². The molecule has 4 nitrogen and oxygen atoms in total. The van der Waals surface area contributed by atoms with Gasteiger partial charge in [0.15, 0.2) is 0 Å². The van der Waals surface area contributed by atoms with E-state index in [1.54, 1.807) is 7.11 Å². The van der Waals surface area contributed by atoms with Crippen LogP contribution in [0, 0.1) is 6.92 Å². The van der Waals surface area contributed by atoms with Crippen LogP contribution >= 0.6 is 0 Å². The van der Waals surface area contributed by atoms with Crippen molar-refractivity contribution in [2.75, 3.05) is 17.7 Å². The van der Waals surface area contributed by atoms with Crippen LogP contribution in [0.5, 0.6) is 5.75 Å². The molecule has 4 heteroatoms. The van der Waals surface area contributed by atoms with Gasteiger partial charge in [0.05, 0.1) is 12.6 Å². The molecule has 0 aliphatic rings. The average Bonchev–Trinajstić information content (AvgIpc) is 2.70. The molecule has 0 fully saturated rings. The van der Waals surface area contributed by atoms with Crippen LogP contribution < -0.4 is 15.4 Å². The van der Waals surface area contributed by atoms with E-state index < -0.39 is 0 Å². The number of anilines is 4. The number of pyridine rings is 1. The Labute approximate surface area is 158 Å². The first-order chi connectivity index (χ1) is 13.2. The van der Waals surface area contributed by atoms with E-state index in [0.29, 0.717) is 0 Å². The Kier molecular flexibility index (Phi) is 4.62. The van der Waals surface area contributed by atoms with Crippen LogP contribution in [0.25, 0.3) is 10.9 Å². The minimum absolute atomic E-state index is 0.823. The van der Waals surface area contributed by atoms with Gasteiger partial charge in [-0.1, -0.05) is 23.8 Å². The number of rotatable bonds is 5. The van der Waals surface area contributed by atoms with Gasteiger partial charge >= 0.3 is 0 Å². The summed E-state index contributed by atoms with van der Waals surface area (Å²) in [7, 11) is 1.67. The summed E-state index contributed by atoms with van der Waals surface area (Å²) in [4.78, 5) is 4.53. The third-order valence-electron chi connectivity index (χ3n) is 4.43. The summed E-state index contributed by atoms with van der Waals surface area (Å²) in [5.74, 6) is 0.823. The Morgan fingerprint density at radius 3 is 2.37 bits per heavy atom. The lowest BCUT2D eigenvalue weighted by Crippen LogP contribution is -1.95. The predicted molar refractivity (Wildman–Crippen MR) is 112 cm³/mol. The Bertz CT molecular complexity index is 1070. The van der Waals surface area contributed by atoms with Gasteiger partial charge in [0.25, 0.3) is 0 Å². The molecule has 0 radical (unpaired) electrons. The molecule has 0 saturated heterocycles. The molecule has 0 amide bonds. The van der Waals surface area contributed by atoms with Crippen LogP contribution in [-0.2, 0) is 0 Å². The second-order valence-corrected chi connectivity index (χ2v) is 6.44. The van der Waals surface area contributed by atoms with Gasteiger partial charge in [-0.05, 0) is 55.5 Å². The number of hydrogen-bond donors (Lipinski definition) is 2. The minimum Gasteiger partial charge on any atom is -0.497 e. The SMILES string of the molecule is COc1cccc(Nc2ccc3c(Nc4ccc(C)cc4)ccnc3c2)c1. The number of nitrogens with one attached hydrogen (secondary N) is 2. The quantitative estimate of drug-likeness (QED) is 0.458. The van der Waals surface area contributed by atoms with Gasteiger partial charge in [0.2, 0.25) is 0 Å². The van der Waals surface area contributed by atoms with E-state index in [0.717, 1.165) is 39.4 Å². The second-order valence-electron chi connectivity index (χ2n) is 6.44. The first-order valence-electron chi connectivity index (χ1n) is 8.85. The molecule has 27 heavy (non-hydrogen) atoms. The average molecular weight is 355 g/mol. The fourth-order valence-corrected chi connectivity index (χ4v) is 2.99. The molecule has 1 aromatic heterocycles. The lowest BCUT2D eigenvalue weighted by Gasteiger charge is -2.12. The molecule has 0 bridgehead atoms. The number of methoxy groups -OCH3 is 1. The zero-order valence-electron chi connectivity index (χ0n) is 15.4. The molecule has 134 valence electrons. The molecule has 2 N–H and O–H groups in total. The first-order valence-corrected chi connectivity index (χ1v) is 8.85. The Morgan fingerprint density at radius 1 is 0.778 bits per heavy atom. The summed E-state index contributed by atoms with van der Waals surface area (Å²) in [6.45, 7) is 2.09. The second kappa shape index (κ2) is 7.38. The summed E-state index contributed by atoms with van der Waals surface area (Å²) in [6, 6.07) is 24.4. The van der Waals surface area contributed by atoms with Gasteiger partial charge in [-0.25, -0.2) is 0 Å². The fourth-order valence-electron chi connectivity index (χ4n) is 2.99. The summed E-state index contributed by atoms with van der Waals surface area (Å²) in [5, 5.41) is 7.97. The predicted octanol–water partition coefficient (Wildman–Crippen LogP) is 6.04. The van der Waals surface area contributed by atoms with Crippen LogP contribution in [0.3, 0.4) is 0 Å². The smallest absolute Gasteiger partial charge is 0.120 e. The maximum atomic E-state index is 5.28. The topological polar surface area (TPSA) is 46.2 Å². The third-order valence-corrected chi connectivity index (χ3v) is 4.43. The third kappa shape index (κ3) is 3.85. The zero-order valence-corrected chi connectivity index (χ0v) is 15.4. The molecule has 0 aliphatic heterocycles. The molecule has 3 aromatic carbocycles. The molecule has 0 unspecified atom stereocenters. The summed E-state index contributed by atoms with van der Waals surface area (Å²) < 4.78 is 5.28. The van der Waals surface area contributed by atoms with Crippen LogP contribution in [0.1, 0.15) is 5.56 Å². The van der Waals surface area contributed by atoms with Crippen molar-refractivity contribution in [3.63, 3.8) is 0 Å². The van der Waals surface area contributed by atoms with Gasteiger partial charge in [-0.2, -0.15) is 0 Å². The molecule has 1 heterocycles. The number of hydrogen-bond acceptors (Lipinski definition) is 4. The molecular formula is C23H21N3O. The van der Waals surface area contributed by atoms with Crippen molar-refractivity contribution in [1.82, 2.24) is 4.98 Å². The minimum atomic E-state index is 0.823. The lowest BCUT2D eigenvalue weighted by molar-refractivity contribution is 0.415. The molecule has 0 saturated carbocycles.